The van der Waals surface area contributed by atoms with Crippen molar-refractivity contribution in [1.82, 2.24) is 15.1 Å². The lowest BCUT2D eigenvalue weighted by molar-refractivity contribution is -0.143. The van der Waals surface area contributed by atoms with Crippen molar-refractivity contribution in [3.05, 3.63) is 82.0 Å². The molecule has 36 heavy (non-hydrogen) atoms. The van der Waals surface area contributed by atoms with Crippen LogP contribution in [0.5, 0.6) is 0 Å². The fourth-order valence-electron chi connectivity index (χ4n) is 4.26. The minimum atomic E-state index is -0.650. The minimum absolute atomic E-state index is 0.0466. The van der Waals surface area contributed by atoms with Gasteiger partial charge in [0.1, 0.15) is 0 Å². The number of nitrogens with one attached hydrogen (secondary N) is 1. The maximum Gasteiger partial charge on any atom is 0.338 e. The number of hydrogen-bond acceptors (Lipinski definition) is 4. The highest BCUT2D eigenvalue weighted by atomic mass is 35.5. The summed E-state index contributed by atoms with van der Waals surface area (Å²) in [5.41, 5.74) is 2.68. The van der Waals surface area contributed by atoms with Crippen LogP contribution in [0.25, 0.3) is 0 Å². The molecule has 3 rings (SSSR count). The highest BCUT2D eigenvalue weighted by Crippen LogP contribution is 2.35. The number of allylic oxidation sites excluding steroid dienone is 1. The van der Waals surface area contributed by atoms with Gasteiger partial charge in [0.05, 0.1) is 17.7 Å². The van der Waals surface area contributed by atoms with Crippen LogP contribution in [0.2, 0.25) is 5.02 Å². The first-order valence-electron chi connectivity index (χ1n) is 12.2. The Morgan fingerprint density at radius 1 is 1.14 bits per heavy atom. The first kappa shape index (κ1) is 27.3. The molecule has 7 nitrogen and oxygen atoms in total. The number of benzene rings is 2. The second kappa shape index (κ2) is 12.6. The lowest BCUT2D eigenvalue weighted by Gasteiger charge is -2.38. The third-order valence-corrected chi connectivity index (χ3v) is 6.30. The van der Waals surface area contributed by atoms with Gasteiger partial charge in [-0.2, -0.15) is 0 Å². The molecule has 0 aliphatic carbocycles. The van der Waals surface area contributed by atoms with Crippen LogP contribution in [0, 0.1) is 0 Å². The SMILES string of the molecule is CC1=C(C(=O)OC(C)C)C(c2cccc(Cl)c2)N(CCCN(C)C(=O)CCc2ccccc2)C(=O)N1. The number of carbonyl (C=O) groups is 3. The Morgan fingerprint density at radius 3 is 2.53 bits per heavy atom. The number of aryl methyl sites for hydroxylation is 1. The zero-order valence-corrected chi connectivity index (χ0v) is 22.0. The van der Waals surface area contributed by atoms with Gasteiger partial charge in [-0.1, -0.05) is 54.1 Å². The molecule has 2 aromatic rings. The number of halogens is 1. The van der Waals surface area contributed by atoms with Gasteiger partial charge >= 0.3 is 12.0 Å². The molecule has 2 aromatic carbocycles. The van der Waals surface area contributed by atoms with E-state index in [1.165, 1.54) is 0 Å². The third-order valence-electron chi connectivity index (χ3n) is 6.06. The van der Waals surface area contributed by atoms with Crippen molar-refractivity contribution in [2.45, 2.75) is 52.2 Å². The number of amides is 3. The quantitative estimate of drug-likeness (QED) is 0.449. The fraction of sp³-hybridized carbons (Fsp3) is 0.393. The van der Waals surface area contributed by atoms with Crippen LogP contribution in [0.1, 0.15) is 50.8 Å². The van der Waals surface area contributed by atoms with Crippen LogP contribution in [-0.2, 0) is 20.7 Å². The van der Waals surface area contributed by atoms with E-state index in [1.54, 1.807) is 55.8 Å². The molecule has 1 unspecified atom stereocenters. The zero-order chi connectivity index (χ0) is 26.2. The summed E-state index contributed by atoms with van der Waals surface area (Å²) in [7, 11) is 1.77. The summed E-state index contributed by atoms with van der Waals surface area (Å²) in [5, 5.41) is 3.31. The molecule has 0 fully saturated rings. The van der Waals surface area contributed by atoms with Crippen molar-refractivity contribution in [2.75, 3.05) is 20.1 Å². The molecule has 1 aliphatic heterocycles. The molecule has 1 aliphatic rings. The summed E-state index contributed by atoms with van der Waals surface area (Å²) in [6, 6.07) is 16.1. The van der Waals surface area contributed by atoms with Crippen molar-refractivity contribution in [3.63, 3.8) is 0 Å². The number of ether oxygens (including phenoxy) is 1. The number of urea groups is 1. The van der Waals surface area contributed by atoms with Crippen LogP contribution in [-0.4, -0.2) is 53.9 Å². The van der Waals surface area contributed by atoms with E-state index in [0.717, 1.165) is 11.1 Å². The molecule has 0 saturated carbocycles. The van der Waals surface area contributed by atoms with Gasteiger partial charge in [-0.15, -0.1) is 0 Å². The van der Waals surface area contributed by atoms with E-state index in [0.29, 0.717) is 48.6 Å². The summed E-state index contributed by atoms with van der Waals surface area (Å²) < 4.78 is 5.50. The van der Waals surface area contributed by atoms with Gasteiger partial charge in [0.25, 0.3) is 0 Å². The molecule has 3 amide bonds. The van der Waals surface area contributed by atoms with Crippen LogP contribution < -0.4 is 5.32 Å². The normalized spacial score (nSPS) is 15.7. The monoisotopic (exact) mass is 511 g/mol. The number of esters is 1. The first-order chi connectivity index (χ1) is 17.2. The van der Waals surface area contributed by atoms with Crippen LogP contribution in [0.15, 0.2) is 65.9 Å². The molecule has 192 valence electrons. The van der Waals surface area contributed by atoms with Crippen LogP contribution >= 0.6 is 11.6 Å². The van der Waals surface area contributed by atoms with Gasteiger partial charge in [-0.3, -0.25) is 4.79 Å². The van der Waals surface area contributed by atoms with E-state index >= 15 is 0 Å². The van der Waals surface area contributed by atoms with Gasteiger partial charge in [-0.25, -0.2) is 9.59 Å². The van der Waals surface area contributed by atoms with Crippen LogP contribution in [0.4, 0.5) is 4.79 Å². The summed E-state index contributed by atoms with van der Waals surface area (Å²) in [5.74, 6) is -0.434. The number of hydrogen-bond donors (Lipinski definition) is 1. The molecular formula is C28H34ClN3O4. The molecule has 8 heteroatoms. The predicted molar refractivity (Wildman–Crippen MR) is 140 cm³/mol. The maximum atomic E-state index is 13.1. The molecule has 1 heterocycles. The van der Waals surface area contributed by atoms with E-state index in [4.69, 9.17) is 16.3 Å². The van der Waals surface area contributed by atoms with E-state index in [-0.39, 0.29) is 18.0 Å². The van der Waals surface area contributed by atoms with Gasteiger partial charge in [0, 0.05) is 37.3 Å². The molecule has 1 N–H and O–H groups in total. The van der Waals surface area contributed by atoms with Crippen LogP contribution in [0.3, 0.4) is 0 Å². The molecule has 0 aromatic heterocycles. The average Bonchev–Trinajstić information content (AvgIpc) is 2.83. The van der Waals surface area contributed by atoms with E-state index < -0.39 is 12.0 Å². The second-order valence-corrected chi connectivity index (χ2v) is 9.66. The molecule has 0 saturated heterocycles. The summed E-state index contributed by atoms with van der Waals surface area (Å²) >= 11 is 6.26. The van der Waals surface area contributed by atoms with Gasteiger partial charge in [0.2, 0.25) is 5.91 Å². The topological polar surface area (TPSA) is 79.0 Å². The standard InChI is InChI=1S/C28H34ClN3O4/c1-19(2)36-27(34)25-20(3)30-28(35)32(26(25)22-12-8-13-23(29)18-22)17-9-16-31(4)24(33)15-14-21-10-6-5-7-11-21/h5-8,10-13,18-19,26H,9,14-17H2,1-4H3,(H,30,35). The first-order valence-corrected chi connectivity index (χ1v) is 12.6. The highest BCUT2D eigenvalue weighted by Gasteiger charge is 2.38. The van der Waals surface area contributed by atoms with Crippen molar-refractivity contribution in [2.24, 2.45) is 0 Å². The van der Waals surface area contributed by atoms with Crippen molar-refractivity contribution in [3.8, 4) is 0 Å². The van der Waals surface area contributed by atoms with E-state index in [9.17, 15) is 14.4 Å². The molecule has 1 atom stereocenters. The molecular weight excluding hydrogens is 478 g/mol. The Hall–Kier alpha value is -3.32. The van der Waals surface area contributed by atoms with Gasteiger partial charge in [-0.05, 0) is 56.9 Å². The summed E-state index contributed by atoms with van der Waals surface area (Å²) in [6.45, 7) is 6.08. The Kier molecular flexibility index (Phi) is 9.53. The van der Waals surface area contributed by atoms with Crippen molar-refractivity contribution >= 4 is 29.5 Å². The summed E-state index contributed by atoms with van der Waals surface area (Å²) in [6.07, 6.45) is 1.34. The average molecular weight is 512 g/mol. The van der Waals surface area contributed by atoms with E-state index in [1.807, 2.05) is 36.4 Å². The predicted octanol–water partition coefficient (Wildman–Crippen LogP) is 5.11. The second-order valence-electron chi connectivity index (χ2n) is 9.23. The van der Waals surface area contributed by atoms with Crippen molar-refractivity contribution < 1.29 is 19.1 Å². The number of nitrogens with zero attached hydrogens (tertiary/aromatic N) is 2. The smallest absolute Gasteiger partial charge is 0.338 e. The Balaban J connectivity index is 1.72. The Bertz CT molecular complexity index is 1120. The number of carbonyl (C=O) groups excluding carboxylic acids is 3. The lowest BCUT2D eigenvalue weighted by atomic mass is 9.93. The Labute approximate surface area is 218 Å². The number of rotatable bonds is 10. The summed E-state index contributed by atoms with van der Waals surface area (Å²) in [4.78, 5) is 42.0. The molecule has 0 radical (unpaired) electrons. The zero-order valence-electron chi connectivity index (χ0n) is 21.3. The van der Waals surface area contributed by atoms with Gasteiger partial charge < -0.3 is 19.9 Å². The van der Waals surface area contributed by atoms with Gasteiger partial charge in [0.15, 0.2) is 0 Å². The largest absolute Gasteiger partial charge is 0.459 e. The maximum absolute atomic E-state index is 13.1. The molecule has 0 bridgehead atoms. The van der Waals surface area contributed by atoms with Crippen molar-refractivity contribution in [1.29, 1.82) is 0 Å². The Morgan fingerprint density at radius 2 is 1.86 bits per heavy atom. The molecule has 0 spiro atoms. The highest BCUT2D eigenvalue weighted by molar-refractivity contribution is 6.30. The third kappa shape index (κ3) is 7.10. The van der Waals surface area contributed by atoms with E-state index in [2.05, 4.69) is 5.32 Å². The fourth-order valence-corrected chi connectivity index (χ4v) is 4.46. The minimum Gasteiger partial charge on any atom is -0.459 e. The lowest BCUT2D eigenvalue weighted by Crippen LogP contribution is -2.49.